The number of hydrogen-bond acceptors (Lipinski definition) is 3. The van der Waals surface area contributed by atoms with E-state index in [4.69, 9.17) is 17.0 Å². The third-order valence-corrected chi connectivity index (χ3v) is 3.32. The molecule has 0 aliphatic carbocycles. The maximum atomic E-state index is 11.7. The van der Waals surface area contributed by atoms with Crippen molar-refractivity contribution in [3.63, 3.8) is 0 Å². The summed E-state index contributed by atoms with van der Waals surface area (Å²) in [7, 11) is 1.35. The topological polar surface area (TPSA) is 50.4 Å². The normalized spacial score (nSPS) is 10.3. The smallest absolute Gasteiger partial charge is 0.339 e. The standard InChI is InChI=1S/C18H18N2O2S/c1-22-17(21)15-11-5-6-12-16(15)20-18(23)19-13-7-10-14-8-3-2-4-9-14/h2-12H,13H2,1H3,(H2,19,20,23). The molecule has 2 aromatic rings. The zero-order valence-electron chi connectivity index (χ0n) is 12.8. The Morgan fingerprint density at radius 1 is 1.13 bits per heavy atom. The van der Waals surface area contributed by atoms with Crippen molar-refractivity contribution >= 4 is 35.1 Å². The van der Waals surface area contributed by atoms with Gasteiger partial charge in [0.25, 0.3) is 0 Å². The maximum Gasteiger partial charge on any atom is 0.339 e. The van der Waals surface area contributed by atoms with Gasteiger partial charge in [-0.3, -0.25) is 0 Å². The lowest BCUT2D eigenvalue weighted by atomic mass is 10.2. The van der Waals surface area contributed by atoms with Crippen molar-refractivity contribution in [1.82, 2.24) is 5.32 Å². The first kappa shape index (κ1) is 16.7. The van der Waals surface area contributed by atoms with Crippen LogP contribution in [0, 0.1) is 0 Å². The molecule has 2 N–H and O–H groups in total. The first-order valence-electron chi connectivity index (χ1n) is 7.14. The number of methoxy groups -OCH3 is 1. The van der Waals surface area contributed by atoms with E-state index >= 15 is 0 Å². The number of thiocarbonyl (C=S) groups is 1. The Bertz CT molecular complexity index is 699. The third kappa shape index (κ3) is 5.23. The lowest BCUT2D eigenvalue weighted by molar-refractivity contribution is 0.0602. The van der Waals surface area contributed by atoms with E-state index in [2.05, 4.69) is 10.6 Å². The van der Waals surface area contributed by atoms with Crippen LogP contribution in [0.3, 0.4) is 0 Å². The van der Waals surface area contributed by atoms with Gasteiger partial charge in [-0.05, 0) is 29.9 Å². The lowest BCUT2D eigenvalue weighted by Crippen LogP contribution is -2.29. The molecule has 0 aromatic heterocycles. The van der Waals surface area contributed by atoms with E-state index in [0.29, 0.717) is 22.9 Å². The quantitative estimate of drug-likeness (QED) is 0.651. The number of ether oxygens (including phenoxy) is 1. The van der Waals surface area contributed by atoms with Gasteiger partial charge in [0.2, 0.25) is 0 Å². The third-order valence-electron chi connectivity index (χ3n) is 3.07. The molecule has 0 saturated heterocycles. The molecule has 0 heterocycles. The van der Waals surface area contributed by atoms with Gasteiger partial charge >= 0.3 is 5.97 Å². The summed E-state index contributed by atoms with van der Waals surface area (Å²) in [5, 5.41) is 6.52. The number of hydrogen-bond donors (Lipinski definition) is 2. The lowest BCUT2D eigenvalue weighted by Gasteiger charge is -2.12. The molecule has 0 saturated carbocycles. The molecule has 0 fully saturated rings. The maximum absolute atomic E-state index is 11.7. The molecule has 2 aromatic carbocycles. The summed E-state index contributed by atoms with van der Waals surface area (Å²) in [6.07, 6.45) is 3.99. The van der Waals surface area contributed by atoms with Crippen LogP contribution in [0.5, 0.6) is 0 Å². The summed E-state index contributed by atoms with van der Waals surface area (Å²) in [6, 6.07) is 17.1. The van der Waals surface area contributed by atoms with Crippen molar-refractivity contribution < 1.29 is 9.53 Å². The summed E-state index contributed by atoms with van der Waals surface area (Å²) in [6.45, 7) is 0.584. The summed E-state index contributed by atoms with van der Waals surface area (Å²) in [5.74, 6) is -0.403. The zero-order chi connectivity index (χ0) is 16.5. The summed E-state index contributed by atoms with van der Waals surface area (Å²) < 4.78 is 4.75. The highest BCUT2D eigenvalue weighted by Crippen LogP contribution is 2.15. The molecule has 2 rings (SSSR count). The van der Waals surface area contributed by atoms with Crippen LogP contribution in [-0.2, 0) is 4.74 Å². The minimum absolute atomic E-state index is 0.403. The van der Waals surface area contributed by atoms with Gasteiger partial charge in [-0.25, -0.2) is 4.79 Å². The number of nitrogens with one attached hydrogen (secondary N) is 2. The largest absolute Gasteiger partial charge is 0.465 e. The Hall–Kier alpha value is -2.66. The van der Waals surface area contributed by atoms with Crippen LogP contribution in [-0.4, -0.2) is 24.7 Å². The second kappa shape index (κ2) is 8.70. The molecule has 0 amide bonds. The number of esters is 1. The Balaban J connectivity index is 1.88. The van der Waals surface area contributed by atoms with Crippen LogP contribution in [0.2, 0.25) is 0 Å². The summed E-state index contributed by atoms with van der Waals surface area (Å²) >= 11 is 5.24. The van der Waals surface area contributed by atoms with Crippen molar-refractivity contribution in [2.45, 2.75) is 0 Å². The number of anilines is 1. The number of rotatable bonds is 5. The van der Waals surface area contributed by atoms with Crippen LogP contribution in [0.25, 0.3) is 6.08 Å². The number of benzene rings is 2. The van der Waals surface area contributed by atoms with Crippen molar-refractivity contribution in [3.8, 4) is 0 Å². The van der Waals surface area contributed by atoms with Crippen molar-refractivity contribution in [1.29, 1.82) is 0 Å². The van der Waals surface area contributed by atoms with Gasteiger partial charge in [-0.15, -0.1) is 0 Å². The zero-order valence-corrected chi connectivity index (χ0v) is 13.6. The Morgan fingerprint density at radius 2 is 1.83 bits per heavy atom. The van der Waals surface area contributed by atoms with Crippen LogP contribution < -0.4 is 10.6 Å². The molecule has 0 unspecified atom stereocenters. The van der Waals surface area contributed by atoms with E-state index in [0.717, 1.165) is 5.56 Å². The molecule has 4 nitrogen and oxygen atoms in total. The molecule has 23 heavy (non-hydrogen) atoms. The highest BCUT2D eigenvalue weighted by atomic mass is 32.1. The van der Waals surface area contributed by atoms with Gasteiger partial charge in [0.05, 0.1) is 18.4 Å². The average Bonchev–Trinajstić information content (AvgIpc) is 2.59. The molecule has 0 radical (unpaired) electrons. The second-order valence-electron chi connectivity index (χ2n) is 4.69. The Morgan fingerprint density at radius 3 is 2.57 bits per heavy atom. The molecule has 5 heteroatoms. The van der Waals surface area contributed by atoms with Gasteiger partial charge < -0.3 is 15.4 Å². The molecule has 0 spiro atoms. The highest BCUT2D eigenvalue weighted by molar-refractivity contribution is 7.80. The fourth-order valence-electron chi connectivity index (χ4n) is 1.96. The van der Waals surface area contributed by atoms with Gasteiger partial charge in [0.1, 0.15) is 0 Å². The molecule has 0 atom stereocenters. The molecule has 0 aliphatic heterocycles. The van der Waals surface area contributed by atoms with E-state index in [1.165, 1.54) is 7.11 Å². The van der Waals surface area contributed by atoms with Gasteiger partial charge in [-0.1, -0.05) is 54.6 Å². The van der Waals surface area contributed by atoms with E-state index in [9.17, 15) is 4.79 Å². The van der Waals surface area contributed by atoms with E-state index in [1.54, 1.807) is 18.2 Å². The molecule has 0 bridgehead atoms. The molecular formula is C18H18N2O2S. The van der Waals surface area contributed by atoms with Crippen LogP contribution >= 0.6 is 12.2 Å². The number of carbonyl (C=O) groups is 1. The molecule has 0 aliphatic rings. The Kier molecular flexibility index (Phi) is 6.32. The van der Waals surface area contributed by atoms with Crippen LogP contribution in [0.4, 0.5) is 5.69 Å². The summed E-state index contributed by atoms with van der Waals surface area (Å²) in [5.41, 5.74) is 2.19. The average molecular weight is 326 g/mol. The second-order valence-corrected chi connectivity index (χ2v) is 5.09. The minimum Gasteiger partial charge on any atom is -0.465 e. The van der Waals surface area contributed by atoms with Crippen molar-refractivity contribution in [2.24, 2.45) is 0 Å². The van der Waals surface area contributed by atoms with E-state index in [-0.39, 0.29) is 0 Å². The van der Waals surface area contributed by atoms with Gasteiger partial charge in [-0.2, -0.15) is 0 Å². The van der Waals surface area contributed by atoms with E-state index < -0.39 is 5.97 Å². The predicted molar refractivity (Wildman–Crippen MR) is 97.5 cm³/mol. The molecular weight excluding hydrogens is 308 g/mol. The number of para-hydroxylation sites is 1. The molecule has 118 valence electrons. The number of carbonyl (C=O) groups excluding carboxylic acids is 1. The minimum atomic E-state index is -0.403. The van der Waals surface area contributed by atoms with Crippen molar-refractivity contribution in [2.75, 3.05) is 19.0 Å². The first-order valence-corrected chi connectivity index (χ1v) is 7.55. The van der Waals surface area contributed by atoms with E-state index in [1.807, 2.05) is 48.6 Å². The highest BCUT2D eigenvalue weighted by Gasteiger charge is 2.11. The monoisotopic (exact) mass is 326 g/mol. The first-order chi connectivity index (χ1) is 11.2. The van der Waals surface area contributed by atoms with Crippen molar-refractivity contribution in [3.05, 3.63) is 71.8 Å². The van der Waals surface area contributed by atoms with Gasteiger partial charge in [0, 0.05) is 6.54 Å². The Labute approximate surface area is 141 Å². The van der Waals surface area contributed by atoms with Crippen LogP contribution in [0.1, 0.15) is 15.9 Å². The SMILES string of the molecule is COC(=O)c1ccccc1NC(=S)NCC=Cc1ccccc1. The van der Waals surface area contributed by atoms with Crippen LogP contribution in [0.15, 0.2) is 60.7 Å². The predicted octanol–water partition coefficient (Wildman–Crippen LogP) is 3.47. The summed E-state index contributed by atoms with van der Waals surface area (Å²) in [4.78, 5) is 11.7. The fraction of sp³-hybridized carbons (Fsp3) is 0.111. The fourth-order valence-corrected chi connectivity index (χ4v) is 2.15. The van der Waals surface area contributed by atoms with Gasteiger partial charge in [0.15, 0.2) is 5.11 Å².